The van der Waals surface area contributed by atoms with E-state index in [-0.39, 0.29) is 40.7 Å². The number of hydrogen-bond donors (Lipinski definition) is 0. The number of rotatable bonds is 3. The van der Waals surface area contributed by atoms with E-state index in [0.717, 1.165) is 38.3 Å². The van der Waals surface area contributed by atoms with Gasteiger partial charge in [-0.25, -0.2) is 13.8 Å². The monoisotopic (exact) mass is 466 g/mol. The van der Waals surface area contributed by atoms with Crippen LogP contribution in [0.15, 0.2) is 58.3 Å². The molecule has 0 aromatic heterocycles. The molecular weight excluding hydrogens is 446 g/mol. The van der Waals surface area contributed by atoms with Gasteiger partial charge in [0.05, 0.1) is 22.9 Å². The van der Waals surface area contributed by atoms with E-state index in [1.807, 2.05) is 11.9 Å². The molecule has 0 aliphatic carbocycles. The molecule has 3 aliphatic rings. The number of nitro groups is 1. The first kappa shape index (κ1) is 21.8. The van der Waals surface area contributed by atoms with E-state index in [1.165, 1.54) is 29.2 Å². The molecule has 174 valence electrons. The summed E-state index contributed by atoms with van der Waals surface area (Å²) in [4.78, 5) is 38.7. The Morgan fingerprint density at radius 2 is 1.82 bits per heavy atom. The van der Waals surface area contributed by atoms with Gasteiger partial charge in [0.1, 0.15) is 23.2 Å². The van der Waals surface area contributed by atoms with Gasteiger partial charge in [0, 0.05) is 61.7 Å². The average Bonchev–Trinajstić information content (AvgIpc) is 3.01. The number of hydrogen-bond acceptors (Lipinski definition) is 7. The quantitative estimate of drug-likeness (QED) is 0.394. The highest BCUT2D eigenvalue weighted by atomic mass is 19.1. The summed E-state index contributed by atoms with van der Waals surface area (Å²) in [5, 5.41) is 11.4. The number of carbonyl (C=O) groups is 1. The lowest BCUT2D eigenvalue weighted by Crippen LogP contribution is -2.42. The van der Waals surface area contributed by atoms with Gasteiger partial charge in [0.25, 0.3) is 11.6 Å². The average molecular weight is 466 g/mol. The molecule has 0 saturated carbocycles. The summed E-state index contributed by atoms with van der Waals surface area (Å²) < 4.78 is 28.2. The standard InChI is InChI=1S/C23H20F2N6O3/c1-28-6-8-29(9-7-28)13-19-23(32)30-20-5-3-15(31(33)34)11-17(20)22(26-12-21(30)27-19)16-4-2-14(24)10-18(16)25/h2-5,10-11,13H,6-9,12H2,1H3/b19-13-. The van der Waals surface area contributed by atoms with Crippen molar-refractivity contribution in [2.24, 2.45) is 9.98 Å². The van der Waals surface area contributed by atoms with E-state index in [2.05, 4.69) is 14.9 Å². The maximum Gasteiger partial charge on any atom is 0.284 e. The van der Waals surface area contributed by atoms with Gasteiger partial charge in [-0.3, -0.25) is 24.8 Å². The van der Waals surface area contributed by atoms with Gasteiger partial charge in [-0.2, -0.15) is 0 Å². The number of aliphatic imine (C=N–C) groups is 2. The molecule has 0 N–H and O–H groups in total. The van der Waals surface area contributed by atoms with E-state index in [0.29, 0.717) is 11.5 Å². The molecule has 2 aromatic rings. The topological polar surface area (TPSA) is 94.7 Å². The Bertz CT molecular complexity index is 1300. The summed E-state index contributed by atoms with van der Waals surface area (Å²) >= 11 is 0. The predicted molar refractivity (Wildman–Crippen MR) is 122 cm³/mol. The van der Waals surface area contributed by atoms with Gasteiger partial charge in [0.15, 0.2) is 0 Å². The Balaban J connectivity index is 1.61. The van der Waals surface area contributed by atoms with Crippen molar-refractivity contribution in [2.45, 2.75) is 0 Å². The van der Waals surface area contributed by atoms with E-state index in [4.69, 9.17) is 0 Å². The largest absolute Gasteiger partial charge is 0.373 e. The van der Waals surface area contributed by atoms with Crippen molar-refractivity contribution in [3.8, 4) is 0 Å². The third-order valence-corrected chi connectivity index (χ3v) is 6.02. The van der Waals surface area contributed by atoms with Crippen LogP contribution in [0.2, 0.25) is 0 Å². The summed E-state index contributed by atoms with van der Waals surface area (Å²) in [6.07, 6.45) is 1.73. The molecule has 34 heavy (non-hydrogen) atoms. The van der Waals surface area contributed by atoms with Crippen LogP contribution < -0.4 is 4.90 Å². The Morgan fingerprint density at radius 3 is 2.53 bits per heavy atom. The Hall–Kier alpha value is -3.99. The highest BCUT2D eigenvalue weighted by molar-refractivity contribution is 6.32. The molecular formula is C23H20F2N6O3. The number of nitro benzene ring substituents is 1. The third kappa shape index (κ3) is 3.83. The Labute approximate surface area is 193 Å². The van der Waals surface area contributed by atoms with Crippen LogP contribution in [0.25, 0.3) is 0 Å². The summed E-state index contributed by atoms with van der Waals surface area (Å²) in [5.41, 5.74) is 0.566. The molecule has 0 radical (unpaired) electrons. The summed E-state index contributed by atoms with van der Waals surface area (Å²) in [6, 6.07) is 6.99. The summed E-state index contributed by atoms with van der Waals surface area (Å²) in [5.74, 6) is -1.67. The van der Waals surface area contributed by atoms with Crippen LogP contribution in [-0.2, 0) is 4.79 Å². The zero-order valence-electron chi connectivity index (χ0n) is 18.2. The molecule has 0 atom stereocenters. The maximum atomic E-state index is 14.7. The first-order valence-corrected chi connectivity index (χ1v) is 10.7. The number of fused-ring (bicyclic) bond motifs is 3. The number of benzene rings is 2. The van der Waals surface area contributed by atoms with Gasteiger partial charge >= 0.3 is 0 Å². The van der Waals surface area contributed by atoms with Crippen LogP contribution >= 0.6 is 0 Å². The Kier molecular flexibility index (Phi) is 5.40. The van der Waals surface area contributed by atoms with Crippen molar-refractivity contribution in [3.05, 3.63) is 81.2 Å². The van der Waals surface area contributed by atoms with Crippen molar-refractivity contribution >= 4 is 28.8 Å². The number of piperazine rings is 1. The maximum absolute atomic E-state index is 14.7. The van der Waals surface area contributed by atoms with E-state index < -0.39 is 16.6 Å². The van der Waals surface area contributed by atoms with E-state index in [9.17, 15) is 23.7 Å². The van der Waals surface area contributed by atoms with E-state index >= 15 is 0 Å². The fourth-order valence-electron chi connectivity index (χ4n) is 4.20. The fraction of sp³-hybridized carbons (Fsp3) is 0.261. The van der Waals surface area contributed by atoms with Crippen LogP contribution in [-0.4, -0.2) is 71.9 Å². The number of halogens is 2. The lowest BCUT2D eigenvalue weighted by molar-refractivity contribution is -0.384. The number of non-ortho nitro benzene ring substituents is 1. The smallest absolute Gasteiger partial charge is 0.284 e. The molecule has 9 nitrogen and oxygen atoms in total. The second-order valence-corrected chi connectivity index (χ2v) is 8.27. The van der Waals surface area contributed by atoms with Crippen molar-refractivity contribution < 1.29 is 18.5 Å². The normalized spacial score (nSPS) is 19.5. The van der Waals surface area contributed by atoms with Crippen LogP contribution in [0.4, 0.5) is 20.2 Å². The number of anilines is 1. The first-order valence-electron chi connectivity index (χ1n) is 10.7. The number of likely N-dealkylation sites (N-methyl/N-ethyl adjacent to an activating group) is 1. The lowest BCUT2D eigenvalue weighted by atomic mass is 9.99. The summed E-state index contributed by atoms with van der Waals surface area (Å²) in [6.45, 7) is 3.18. The van der Waals surface area contributed by atoms with Gasteiger partial charge in [-0.15, -0.1) is 0 Å². The second-order valence-electron chi connectivity index (χ2n) is 8.27. The van der Waals surface area contributed by atoms with Crippen LogP contribution in [0.5, 0.6) is 0 Å². The molecule has 11 heteroatoms. The molecule has 1 fully saturated rings. The van der Waals surface area contributed by atoms with Crippen molar-refractivity contribution in [1.29, 1.82) is 0 Å². The molecule has 5 rings (SSSR count). The second kappa shape index (κ2) is 8.41. The summed E-state index contributed by atoms with van der Waals surface area (Å²) in [7, 11) is 2.03. The van der Waals surface area contributed by atoms with E-state index in [1.54, 1.807) is 6.20 Å². The van der Waals surface area contributed by atoms with Crippen LogP contribution in [0.1, 0.15) is 11.1 Å². The number of amides is 1. The van der Waals surface area contributed by atoms with Crippen molar-refractivity contribution in [1.82, 2.24) is 9.80 Å². The minimum Gasteiger partial charge on any atom is -0.373 e. The van der Waals surface area contributed by atoms with Gasteiger partial charge in [-0.05, 0) is 25.2 Å². The molecule has 0 spiro atoms. The molecule has 1 amide bonds. The van der Waals surface area contributed by atoms with Gasteiger partial charge < -0.3 is 9.80 Å². The number of nitrogens with zero attached hydrogens (tertiary/aromatic N) is 6. The SMILES string of the molecule is CN1CCN(/C=C2\N=C3CN=C(c4ccc(F)cc4F)c4cc([N+](=O)[O-])ccc4N3C2=O)CC1. The van der Waals surface area contributed by atoms with Crippen LogP contribution in [0, 0.1) is 21.7 Å². The van der Waals surface area contributed by atoms with Crippen LogP contribution in [0.3, 0.4) is 0 Å². The minimum absolute atomic E-state index is 0.0226. The fourth-order valence-corrected chi connectivity index (χ4v) is 4.20. The highest BCUT2D eigenvalue weighted by Crippen LogP contribution is 2.34. The zero-order valence-corrected chi connectivity index (χ0v) is 18.2. The number of amidine groups is 1. The molecule has 3 heterocycles. The first-order chi connectivity index (χ1) is 16.3. The molecule has 2 aromatic carbocycles. The predicted octanol–water partition coefficient (Wildman–Crippen LogP) is 2.56. The molecule has 1 saturated heterocycles. The third-order valence-electron chi connectivity index (χ3n) is 6.02. The molecule has 0 bridgehead atoms. The van der Waals surface area contributed by atoms with Crippen molar-refractivity contribution in [2.75, 3.05) is 44.7 Å². The van der Waals surface area contributed by atoms with Crippen molar-refractivity contribution in [3.63, 3.8) is 0 Å². The molecule has 3 aliphatic heterocycles. The molecule has 0 unspecified atom stereocenters. The number of carbonyl (C=O) groups excluding carboxylic acids is 1. The minimum atomic E-state index is -0.859. The van der Waals surface area contributed by atoms with Gasteiger partial charge in [-0.1, -0.05) is 0 Å². The highest BCUT2D eigenvalue weighted by Gasteiger charge is 2.37. The lowest BCUT2D eigenvalue weighted by Gasteiger charge is -2.31. The van der Waals surface area contributed by atoms with Gasteiger partial charge in [0.2, 0.25) is 0 Å². The Morgan fingerprint density at radius 1 is 1.06 bits per heavy atom. The zero-order chi connectivity index (χ0) is 24.0.